The molecule has 10 heteroatoms. The van der Waals surface area contributed by atoms with Gasteiger partial charge in [0, 0.05) is 18.1 Å². The lowest BCUT2D eigenvalue weighted by Gasteiger charge is -2.29. The Balaban J connectivity index is 1.33. The average molecular weight is 453 g/mol. The second kappa shape index (κ2) is 7.99. The van der Waals surface area contributed by atoms with Gasteiger partial charge in [0.25, 0.3) is 5.91 Å². The first kappa shape index (κ1) is 20.6. The van der Waals surface area contributed by atoms with E-state index in [1.54, 1.807) is 47.4 Å². The van der Waals surface area contributed by atoms with E-state index in [1.165, 1.54) is 11.0 Å². The predicted octanol–water partition coefficient (Wildman–Crippen LogP) is 1.66. The van der Waals surface area contributed by atoms with Crippen LogP contribution in [0.4, 0.5) is 0 Å². The number of aromatic nitrogens is 4. The zero-order valence-corrected chi connectivity index (χ0v) is 17.8. The van der Waals surface area contributed by atoms with Gasteiger partial charge >= 0.3 is 0 Å². The SMILES string of the molecule is O=C([C@H](O)c1ccccc1)N1CC[C@@H]2C[C@@]21C(=O)NCc1cc(Cl)ccc1-n1cnnn1. The van der Waals surface area contributed by atoms with Gasteiger partial charge < -0.3 is 15.3 Å². The zero-order chi connectivity index (χ0) is 22.3. The van der Waals surface area contributed by atoms with Crippen LogP contribution in [0.3, 0.4) is 0 Å². The number of rotatable bonds is 6. The molecule has 1 aliphatic carbocycles. The van der Waals surface area contributed by atoms with E-state index in [2.05, 4.69) is 20.8 Å². The molecule has 1 saturated carbocycles. The topological polar surface area (TPSA) is 113 Å². The Morgan fingerprint density at radius 1 is 1.25 bits per heavy atom. The number of tetrazole rings is 1. The maximum Gasteiger partial charge on any atom is 0.256 e. The number of carbonyl (C=O) groups is 2. The highest BCUT2D eigenvalue weighted by atomic mass is 35.5. The minimum atomic E-state index is -1.29. The Morgan fingerprint density at radius 3 is 2.78 bits per heavy atom. The molecule has 1 aromatic heterocycles. The van der Waals surface area contributed by atoms with Crippen LogP contribution < -0.4 is 5.32 Å². The Labute approximate surface area is 189 Å². The van der Waals surface area contributed by atoms with Crippen LogP contribution in [0.15, 0.2) is 54.9 Å². The minimum absolute atomic E-state index is 0.104. The molecule has 2 fully saturated rings. The van der Waals surface area contributed by atoms with Crippen LogP contribution >= 0.6 is 11.6 Å². The molecule has 9 nitrogen and oxygen atoms in total. The second-order valence-electron chi connectivity index (χ2n) is 8.13. The molecule has 0 unspecified atom stereocenters. The van der Waals surface area contributed by atoms with Crippen LogP contribution in [-0.2, 0) is 16.1 Å². The normalized spacial score (nSPS) is 22.3. The van der Waals surface area contributed by atoms with Gasteiger partial charge in [0.05, 0.1) is 5.69 Å². The van der Waals surface area contributed by atoms with E-state index in [9.17, 15) is 14.7 Å². The quantitative estimate of drug-likeness (QED) is 0.588. The molecule has 0 spiro atoms. The fourth-order valence-electron chi connectivity index (χ4n) is 4.63. The summed E-state index contributed by atoms with van der Waals surface area (Å²) in [6.07, 6.45) is 1.52. The van der Waals surface area contributed by atoms with E-state index in [4.69, 9.17) is 11.6 Å². The molecule has 0 radical (unpaired) electrons. The first-order chi connectivity index (χ1) is 15.5. The largest absolute Gasteiger partial charge is 0.378 e. The van der Waals surface area contributed by atoms with Gasteiger partial charge in [-0.15, -0.1) is 5.10 Å². The molecule has 1 saturated heterocycles. The molecule has 32 heavy (non-hydrogen) atoms. The Morgan fingerprint density at radius 2 is 2.06 bits per heavy atom. The number of likely N-dealkylation sites (tertiary alicyclic amines) is 1. The standard InChI is InChI=1S/C22H21ClN6O3/c23-17-6-7-18(29-13-25-26-27-29)15(10-17)12-24-21(32)22-11-16(22)8-9-28(22)20(31)19(30)14-4-2-1-3-5-14/h1-7,10,13,16,19,30H,8-9,11-12H2,(H,24,32)/t16-,19-,22+/m1/s1. The number of aliphatic hydroxyl groups is 1. The van der Waals surface area contributed by atoms with Crippen LogP contribution in [0.25, 0.3) is 5.69 Å². The third-order valence-electron chi connectivity index (χ3n) is 6.34. The summed E-state index contributed by atoms with van der Waals surface area (Å²) in [4.78, 5) is 27.9. The summed E-state index contributed by atoms with van der Waals surface area (Å²) in [6.45, 7) is 0.653. The molecule has 3 aromatic rings. The number of amides is 2. The molecule has 0 bridgehead atoms. The second-order valence-corrected chi connectivity index (χ2v) is 8.56. The molecule has 2 heterocycles. The summed E-state index contributed by atoms with van der Waals surface area (Å²) in [5.41, 5.74) is 1.05. The molecule has 5 rings (SSSR count). The molecule has 3 atom stereocenters. The molecular weight excluding hydrogens is 432 g/mol. The van der Waals surface area contributed by atoms with Crippen LogP contribution in [0.5, 0.6) is 0 Å². The van der Waals surface area contributed by atoms with Gasteiger partial charge in [-0.2, -0.15) is 0 Å². The van der Waals surface area contributed by atoms with Gasteiger partial charge in [0.1, 0.15) is 11.9 Å². The van der Waals surface area contributed by atoms with Crippen molar-refractivity contribution < 1.29 is 14.7 Å². The molecule has 164 valence electrons. The van der Waals surface area contributed by atoms with E-state index in [0.717, 1.165) is 12.0 Å². The maximum absolute atomic E-state index is 13.3. The van der Waals surface area contributed by atoms with Crippen molar-refractivity contribution in [2.45, 2.75) is 31.0 Å². The molecule has 2 aliphatic rings. The van der Waals surface area contributed by atoms with Crippen molar-refractivity contribution >= 4 is 23.4 Å². The van der Waals surface area contributed by atoms with Crippen LogP contribution in [0.2, 0.25) is 5.02 Å². The number of hydrogen-bond acceptors (Lipinski definition) is 6. The smallest absolute Gasteiger partial charge is 0.256 e. The number of nitrogens with one attached hydrogen (secondary N) is 1. The highest BCUT2D eigenvalue weighted by molar-refractivity contribution is 6.30. The molecule has 2 aromatic carbocycles. The van der Waals surface area contributed by atoms with Crippen LogP contribution in [0.1, 0.15) is 30.1 Å². The zero-order valence-electron chi connectivity index (χ0n) is 17.1. The van der Waals surface area contributed by atoms with E-state index in [0.29, 0.717) is 29.2 Å². The summed E-state index contributed by atoms with van der Waals surface area (Å²) in [7, 11) is 0. The molecule has 2 N–H and O–H groups in total. The number of fused-ring (bicyclic) bond motifs is 1. The van der Waals surface area contributed by atoms with Crippen molar-refractivity contribution in [3.8, 4) is 5.69 Å². The van der Waals surface area contributed by atoms with Crippen molar-refractivity contribution in [3.63, 3.8) is 0 Å². The van der Waals surface area contributed by atoms with E-state index in [1.807, 2.05) is 6.07 Å². The minimum Gasteiger partial charge on any atom is -0.378 e. The number of benzene rings is 2. The summed E-state index contributed by atoms with van der Waals surface area (Å²) < 4.78 is 1.50. The highest BCUT2D eigenvalue weighted by Gasteiger charge is 2.68. The van der Waals surface area contributed by atoms with Gasteiger partial charge in [0.2, 0.25) is 5.91 Å². The van der Waals surface area contributed by atoms with Crippen molar-refractivity contribution in [2.75, 3.05) is 6.54 Å². The summed E-state index contributed by atoms with van der Waals surface area (Å²) in [6, 6.07) is 14.0. The lowest BCUT2D eigenvalue weighted by molar-refractivity contribution is -0.147. The molecule has 2 amide bonds. The van der Waals surface area contributed by atoms with Gasteiger partial charge in [-0.25, -0.2) is 4.68 Å². The van der Waals surface area contributed by atoms with Crippen LogP contribution in [0, 0.1) is 5.92 Å². The number of aliphatic hydroxyl groups excluding tert-OH is 1. The van der Waals surface area contributed by atoms with E-state index in [-0.39, 0.29) is 18.4 Å². The van der Waals surface area contributed by atoms with Gasteiger partial charge in [-0.05, 0) is 58.5 Å². The molecular formula is C22H21ClN6O3. The Bertz CT molecular complexity index is 1160. The van der Waals surface area contributed by atoms with E-state index < -0.39 is 17.6 Å². The third kappa shape index (κ3) is 3.43. The van der Waals surface area contributed by atoms with Crippen LogP contribution in [-0.4, -0.2) is 54.1 Å². The average Bonchev–Trinajstić information content (AvgIpc) is 3.15. The summed E-state index contributed by atoms with van der Waals surface area (Å²) >= 11 is 6.16. The summed E-state index contributed by atoms with van der Waals surface area (Å²) in [5, 5.41) is 25.3. The summed E-state index contributed by atoms with van der Waals surface area (Å²) in [5.74, 6) is -0.562. The predicted molar refractivity (Wildman–Crippen MR) is 115 cm³/mol. The van der Waals surface area contributed by atoms with Gasteiger partial charge in [0.15, 0.2) is 6.10 Å². The number of halogens is 1. The monoisotopic (exact) mass is 452 g/mol. The number of nitrogens with zero attached hydrogens (tertiary/aromatic N) is 5. The van der Waals surface area contributed by atoms with Crippen molar-refractivity contribution in [1.82, 2.24) is 30.4 Å². The third-order valence-corrected chi connectivity index (χ3v) is 6.58. The van der Waals surface area contributed by atoms with E-state index >= 15 is 0 Å². The lowest BCUT2D eigenvalue weighted by Crippen LogP contribution is -2.51. The number of hydrogen-bond donors (Lipinski definition) is 2. The van der Waals surface area contributed by atoms with Crippen molar-refractivity contribution in [3.05, 3.63) is 71.0 Å². The molecule has 1 aliphatic heterocycles. The Kier molecular flexibility index (Phi) is 5.15. The number of carbonyl (C=O) groups excluding carboxylic acids is 2. The maximum atomic E-state index is 13.3. The van der Waals surface area contributed by atoms with Crippen molar-refractivity contribution in [2.24, 2.45) is 5.92 Å². The fourth-order valence-corrected chi connectivity index (χ4v) is 4.82. The first-order valence-electron chi connectivity index (χ1n) is 10.4. The van der Waals surface area contributed by atoms with Gasteiger partial charge in [-0.3, -0.25) is 9.59 Å². The van der Waals surface area contributed by atoms with Gasteiger partial charge in [-0.1, -0.05) is 41.9 Å². The Hall–Kier alpha value is -3.30. The number of piperidine rings is 1. The fraction of sp³-hybridized carbons (Fsp3) is 0.318. The van der Waals surface area contributed by atoms with Crippen molar-refractivity contribution in [1.29, 1.82) is 0 Å². The first-order valence-corrected chi connectivity index (χ1v) is 10.7. The highest BCUT2D eigenvalue weighted by Crippen LogP contribution is 2.56. The lowest BCUT2D eigenvalue weighted by atomic mass is 10.1.